The fourth-order valence-electron chi connectivity index (χ4n) is 8.68. The summed E-state index contributed by atoms with van der Waals surface area (Å²) in [6.45, 7) is 26.2. The summed E-state index contributed by atoms with van der Waals surface area (Å²) in [6.07, 6.45) is -5.62. The van der Waals surface area contributed by atoms with Crippen LogP contribution in [0.4, 0.5) is 26.3 Å². The van der Waals surface area contributed by atoms with Gasteiger partial charge < -0.3 is 0 Å². The minimum atomic E-state index is -4.95. The summed E-state index contributed by atoms with van der Waals surface area (Å²) in [5.41, 5.74) is 8.52. The van der Waals surface area contributed by atoms with Crippen LogP contribution >= 0.6 is 7.92 Å². The van der Waals surface area contributed by atoms with Crippen molar-refractivity contribution in [2.45, 2.75) is 169 Å². The fourth-order valence-corrected chi connectivity index (χ4v) is 12.1. The fraction of sp³-hybridized carbons (Fsp3) is 0.520. The third kappa shape index (κ3) is 9.69. The molecule has 310 valence electrons. The highest BCUT2D eigenvalue weighted by atomic mass is 31.1. The van der Waals surface area contributed by atoms with E-state index in [1.54, 1.807) is 0 Å². The van der Waals surface area contributed by atoms with Gasteiger partial charge in [-0.3, -0.25) is 0 Å². The zero-order valence-corrected chi connectivity index (χ0v) is 37.0. The van der Waals surface area contributed by atoms with Crippen LogP contribution in [-0.4, -0.2) is 5.66 Å². The Hall–Kier alpha value is -3.11. The van der Waals surface area contributed by atoms with E-state index in [4.69, 9.17) is 0 Å². The zero-order valence-electron chi connectivity index (χ0n) is 36.1. The van der Waals surface area contributed by atoms with E-state index in [9.17, 15) is 26.3 Å². The van der Waals surface area contributed by atoms with Crippen molar-refractivity contribution in [3.05, 3.63) is 105 Å². The Morgan fingerprint density at radius 1 is 0.474 bits per heavy atom. The second-order valence-corrected chi connectivity index (χ2v) is 20.6. The molecule has 1 aliphatic carbocycles. The van der Waals surface area contributed by atoms with Crippen molar-refractivity contribution in [3.8, 4) is 22.3 Å². The highest BCUT2D eigenvalue weighted by Crippen LogP contribution is 2.54. The van der Waals surface area contributed by atoms with Crippen LogP contribution in [-0.2, 0) is 12.4 Å². The van der Waals surface area contributed by atoms with Crippen LogP contribution in [0, 0.1) is 0 Å². The molecule has 1 aliphatic rings. The quantitative estimate of drug-likeness (QED) is 0.105. The minimum Gasteiger partial charge on any atom is -0.166 e. The van der Waals surface area contributed by atoms with Gasteiger partial charge in [0.2, 0.25) is 0 Å². The molecule has 0 bridgehead atoms. The van der Waals surface area contributed by atoms with Crippen LogP contribution in [0.3, 0.4) is 0 Å². The third-order valence-electron chi connectivity index (χ3n) is 11.9. The maximum absolute atomic E-state index is 14.7. The Labute approximate surface area is 340 Å². The van der Waals surface area contributed by atoms with Gasteiger partial charge in [0, 0.05) is 0 Å². The van der Waals surface area contributed by atoms with Gasteiger partial charge in [-0.1, -0.05) is 145 Å². The molecule has 1 atom stereocenters. The van der Waals surface area contributed by atoms with Crippen molar-refractivity contribution >= 4 is 18.5 Å². The highest BCUT2D eigenvalue weighted by Gasteiger charge is 2.40. The third-order valence-corrected chi connectivity index (χ3v) is 14.9. The van der Waals surface area contributed by atoms with Crippen LogP contribution in [0.25, 0.3) is 22.3 Å². The average Bonchev–Trinajstić information content (AvgIpc) is 3.13. The second kappa shape index (κ2) is 17.6. The van der Waals surface area contributed by atoms with Crippen LogP contribution in [0.15, 0.2) is 60.7 Å². The first-order chi connectivity index (χ1) is 26.5. The van der Waals surface area contributed by atoms with Crippen LogP contribution in [0.5, 0.6) is 0 Å². The van der Waals surface area contributed by atoms with Crippen molar-refractivity contribution < 1.29 is 26.3 Å². The Kier molecular flexibility index (Phi) is 13.9. The van der Waals surface area contributed by atoms with E-state index in [2.05, 4.69) is 126 Å². The van der Waals surface area contributed by atoms with Gasteiger partial charge in [-0.25, -0.2) is 0 Å². The van der Waals surface area contributed by atoms with E-state index in [0.717, 1.165) is 94.0 Å². The van der Waals surface area contributed by atoms with Crippen LogP contribution in [0.1, 0.15) is 195 Å². The topological polar surface area (TPSA) is 0 Å². The largest absolute Gasteiger partial charge is 0.416 e. The molecule has 0 amide bonds. The van der Waals surface area contributed by atoms with Gasteiger partial charge in [0.15, 0.2) is 0 Å². The standard InChI is InChI=1S/C50H63F6P/c1-28(2)34-21-42(30(5)6)46(43(22-34)31(7)8)40-19-16-20-41(47-44(32(9)10)23-35(29(3)4)24-45(47)33(11)12)48(40)57(38-17-14-13-15-18-38)39-26-36(49(51,52)53)25-37(27-39)50(54,55)56/h16,19-33,38H,13-15,17-18H2,1-12H3. The Bertz CT molecular complexity index is 1840. The summed E-state index contributed by atoms with van der Waals surface area (Å²) in [7, 11) is -1.75. The number of hydrogen-bond acceptors (Lipinski definition) is 0. The molecule has 7 heteroatoms. The molecule has 0 spiro atoms. The lowest BCUT2D eigenvalue weighted by Gasteiger charge is -2.37. The summed E-state index contributed by atoms with van der Waals surface area (Å²) in [5.74, 6) is 0.991. The normalized spacial score (nSPS) is 15.3. The lowest BCUT2D eigenvalue weighted by Crippen LogP contribution is -2.29. The molecule has 4 aromatic carbocycles. The zero-order chi connectivity index (χ0) is 42.3. The van der Waals surface area contributed by atoms with Gasteiger partial charge in [-0.2, -0.15) is 26.3 Å². The predicted octanol–water partition coefficient (Wildman–Crippen LogP) is 16.6. The molecule has 57 heavy (non-hydrogen) atoms. The molecule has 0 radical (unpaired) electrons. The smallest absolute Gasteiger partial charge is 0.166 e. The number of halogens is 6. The molecule has 0 nitrogen and oxygen atoms in total. The van der Waals surface area contributed by atoms with E-state index in [1.165, 1.54) is 11.1 Å². The summed E-state index contributed by atoms with van der Waals surface area (Å²) in [6, 6.07) is 17.9. The lowest BCUT2D eigenvalue weighted by atomic mass is 9.79. The highest BCUT2D eigenvalue weighted by molar-refractivity contribution is 7.74. The SMILES string of the molecule is CC(C)c1cc(C(C)C)c(-c2cccc(-c3c(C(C)C)cc(C(C)C)cc3C(C)C)c2P(c2cc(C(F)(F)F)cc(C(F)(F)F)c2)C2CCCCC2)c(C(C)C)c1. The molecule has 0 N–H and O–H groups in total. The van der Waals surface area contributed by atoms with E-state index < -0.39 is 31.4 Å². The molecule has 0 saturated heterocycles. The number of benzene rings is 4. The summed E-state index contributed by atoms with van der Waals surface area (Å²) in [4.78, 5) is 0. The van der Waals surface area contributed by atoms with Gasteiger partial charge in [0.1, 0.15) is 0 Å². The summed E-state index contributed by atoms with van der Waals surface area (Å²) in [5, 5.41) is 1.06. The van der Waals surface area contributed by atoms with E-state index in [0.29, 0.717) is 6.07 Å². The second-order valence-electron chi connectivity index (χ2n) is 18.2. The van der Waals surface area contributed by atoms with E-state index >= 15 is 0 Å². The molecule has 4 aromatic rings. The van der Waals surface area contributed by atoms with Gasteiger partial charge in [-0.15, -0.1) is 0 Å². The van der Waals surface area contributed by atoms with Crippen molar-refractivity contribution in [1.29, 1.82) is 0 Å². The summed E-state index contributed by atoms with van der Waals surface area (Å²) < 4.78 is 88.5. The molecular weight excluding hydrogens is 746 g/mol. The predicted molar refractivity (Wildman–Crippen MR) is 231 cm³/mol. The molecule has 1 fully saturated rings. The first kappa shape index (κ1) is 45.0. The molecule has 5 rings (SSSR count). The first-order valence-electron chi connectivity index (χ1n) is 21.1. The molecule has 0 aromatic heterocycles. The number of rotatable bonds is 11. The first-order valence-corrected chi connectivity index (χ1v) is 22.5. The van der Waals surface area contributed by atoms with E-state index in [-0.39, 0.29) is 46.5 Å². The van der Waals surface area contributed by atoms with Gasteiger partial charge in [-0.05, 0) is 146 Å². The minimum absolute atomic E-state index is 0.0990. The van der Waals surface area contributed by atoms with E-state index in [1.807, 2.05) is 0 Å². The average molecular weight is 809 g/mol. The maximum Gasteiger partial charge on any atom is 0.416 e. The number of hydrogen-bond donors (Lipinski definition) is 0. The Balaban J connectivity index is 2.10. The molecule has 1 saturated carbocycles. The Morgan fingerprint density at radius 2 is 0.825 bits per heavy atom. The van der Waals surface area contributed by atoms with Crippen molar-refractivity contribution in [1.82, 2.24) is 0 Å². The lowest BCUT2D eigenvalue weighted by molar-refractivity contribution is -0.142. The van der Waals surface area contributed by atoms with Crippen LogP contribution in [0.2, 0.25) is 0 Å². The number of alkyl halides is 6. The van der Waals surface area contributed by atoms with Crippen molar-refractivity contribution in [2.24, 2.45) is 0 Å². The molecule has 0 aliphatic heterocycles. The van der Waals surface area contributed by atoms with Crippen molar-refractivity contribution in [3.63, 3.8) is 0 Å². The van der Waals surface area contributed by atoms with Gasteiger partial charge in [0.05, 0.1) is 11.1 Å². The monoisotopic (exact) mass is 808 g/mol. The summed E-state index contributed by atoms with van der Waals surface area (Å²) >= 11 is 0. The maximum atomic E-state index is 14.7. The Morgan fingerprint density at radius 3 is 1.12 bits per heavy atom. The van der Waals surface area contributed by atoms with Gasteiger partial charge in [0.25, 0.3) is 0 Å². The van der Waals surface area contributed by atoms with Gasteiger partial charge >= 0.3 is 12.4 Å². The molecule has 0 heterocycles. The van der Waals surface area contributed by atoms with Crippen LogP contribution < -0.4 is 10.6 Å². The molecular formula is C50H63F6P. The molecule has 1 unspecified atom stereocenters. The van der Waals surface area contributed by atoms with Crippen molar-refractivity contribution in [2.75, 3.05) is 0 Å².